The van der Waals surface area contributed by atoms with Gasteiger partial charge < -0.3 is 19.1 Å². The zero-order valence-electron chi connectivity index (χ0n) is 22.8. The van der Waals surface area contributed by atoms with E-state index in [4.69, 9.17) is 14.2 Å². The highest BCUT2D eigenvalue weighted by Gasteiger charge is 2.18. The Hall–Kier alpha value is -3.84. The number of hydrogen-bond acceptors (Lipinski definition) is 6. The van der Waals surface area contributed by atoms with Gasteiger partial charge in [-0.25, -0.2) is 0 Å². The molecule has 202 valence electrons. The van der Waals surface area contributed by atoms with Gasteiger partial charge >= 0.3 is 0 Å². The number of benzene rings is 2. The Labute approximate surface area is 232 Å². The fraction of sp³-hybridized carbons (Fsp3) is 0.394. The average molecular weight is 524 g/mol. The van der Waals surface area contributed by atoms with Crippen LogP contribution in [0, 0.1) is 22.7 Å². The van der Waals surface area contributed by atoms with Crippen LogP contribution >= 0.6 is 0 Å². The van der Waals surface area contributed by atoms with Crippen LogP contribution in [-0.4, -0.2) is 32.6 Å². The van der Waals surface area contributed by atoms with Gasteiger partial charge in [-0.2, -0.15) is 10.5 Å². The van der Waals surface area contributed by atoms with Gasteiger partial charge in [0.25, 0.3) is 0 Å². The van der Waals surface area contributed by atoms with Crippen LogP contribution in [0.25, 0.3) is 11.6 Å². The summed E-state index contributed by atoms with van der Waals surface area (Å²) in [6.07, 6.45) is 13.6. The molecular weight excluding hydrogens is 486 g/mol. The summed E-state index contributed by atoms with van der Waals surface area (Å²) in [5.74, 6) is 1.22. The highest BCUT2D eigenvalue weighted by Crippen LogP contribution is 2.35. The smallest absolute Gasteiger partial charge is 0.157 e. The molecule has 0 radical (unpaired) electrons. The van der Waals surface area contributed by atoms with Crippen LogP contribution in [0.4, 0.5) is 5.69 Å². The second kappa shape index (κ2) is 14.9. The summed E-state index contributed by atoms with van der Waals surface area (Å²) in [4.78, 5) is 2.41. The number of nitrogens with zero attached hydrogens (tertiary/aromatic N) is 3. The molecule has 1 saturated heterocycles. The highest BCUT2D eigenvalue weighted by molar-refractivity contribution is 5.87. The molecular formula is C33H37N3O3. The molecule has 4 rings (SSSR count). The van der Waals surface area contributed by atoms with E-state index in [9.17, 15) is 10.5 Å². The van der Waals surface area contributed by atoms with Crippen LogP contribution in [0.5, 0.6) is 5.75 Å². The number of fused-ring (bicyclic) bond motifs is 1. The van der Waals surface area contributed by atoms with Gasteiger partial charge in [-0.3, -0.25) is 0 Å². The van der Waals surface area contributed by atoms with Gasteiger partial charge in [-0.15, -0.1) is 0 Å². The van der Waals surface area contributed by atoms with Crippen molar-refractivity contribution in [2.24, 2.45) is 0 Å². The Morgan fingerprint density at radius 2 is 1.79 bits per heavy atom. The molecule has 0 aliphatic carbocycles. The predicted octanol–water partition coefficient (Wildman–Crippen LogP) is 7.41. The third-order valence-electron chi connectivity index (χ3n) is 7.03. The minimum Gasteiger partial charge on any atom is -0.457 e. The van der Waals surface area contributed by atoms with Gasteiger partial charge in [-0.05, 0) is 74.9 Å². The zero-order chi connectivity index (χ0) is 27.3. The molecule has 1 atom stereocenters. The van der Waals surface area contributed by atoms with Crippen molar-refractivity contribution in [2.75, 3.05) is 31.2 Å². The number of para-hydroxylation sites is 1. The molecule has 39 heavy (non-hydrogen) atoms. The molecule has 0 amide bonds. The second-order valence-electron chi connectivity index (χ2n) is 9.74. The summed E-state index contributed by atoms with van der Waals surface area (Å²) in [5, 5.41) is 18.8. The SMILES string of the molecule is CCN(CCCCCCOC1CCCCO1)c1ccc(C=CC2=CC(=C(C#N)C#N)c3ccccc3O2)cc1. The third kappa shape index (κ3) is 8.07. The lowest BCUT2D eigenvalue weighted by molar-refractivity contribution is -0.162. The predicted molar refractivity (Wildman–Crippen MR) is 155 cm³/mol. The Kier molecular flexibility index (Phi) is 10.8. The maximum atomic E-state index is 9.40. The van der Waals surface area contributed by atoms with Gasteiger partial charge in [0.2, 0.25) is 0 Å². The van der Waals surface area contributed by atoms with Crippen molar-refractivity contribution in [1.82, 2.24) is 0 Å². The first-order valence-electron chi connectivity index (χ1n) is 14.0. The maximum Gasteiger partial charge on any atom is 0.157 e. The first-order valence-corrected chi connectivity index (χ1v) is 14.0. The van der Waals surface area contributed by atoms with Crippen LogP contribution in [0.15, 0.2) is 72.0 Å². The van der Waals surface area contributed by atoms with Gasteiger partial charge in [0.15, 0.2) is 6.29 Å². The standard InChI is InChI=1S/C33H37N3O3/c1-2-36(20-8-3-4-9-21-37-33-13-7-10-22-38-33)28-17-14-26(15-18-28)16-19-29-23-31(27(24-34)25-35)30-11-5-6-12-32(30)39-29/h5-6,11-12,14-19,23,33H,2-4,7-10,13,20-22H2,1H3. The summed E-state index contributed by atoms with van der Waals surface area (Å²) in [6, 6.07) is 20.0. The molecule has 6 nitrogen and oxygen atoms in total. The fourth-order valence-corrected chi connectivity index (χ4v) is 4.85. The number of rotatable bonds is 12. The van der Waals surface area contributed by atoms with Crippen LogP contribution in [0.3, 0.4) is 0 Å². The van der Waals surface area contributed by atoms with Crippen molar-refractivity contribution < 1.29 is 14.2 Å². The summed E-state index contributed by atoms with van der Waals surface area (Å²) in [5.41, 5.74) is 3.67. The van der Waals surface area contributed by atoms with Crippen molar-refractivity contribution in [3.8, 4) is 17.9 Å². The monoisotopic (exact) mass is 523 g/mol. The molecule has 2 aromatic carbocycles. The molecule has 0 saturated carbocycles. The maximum absolute atomic E-state index is 9.40. The molecule has 6 heteroatoms. The second-order valence-corrected chi connectivity index (χ2v) is 9.74. The fourth-order valence-electron chi connectivity index (χ4n) is 4.85. The normalized spacial score (nSPS) is 16.5. The van der Waals surface area contributed by atoms with Gasteiger partial charge in [0, 0.05) is 43.1 Å². The van der Waals surface area contributed by atoms with E-state index in [2.05, 4.69) is 36.1 Å². The summed E-state index contributed by atoms with van der Waals surface area (Å²) in [6.45, 7) is 5.82. The Balaban J connectivity index is 1.27. The lowest BCUT2D eigenvalue weighted by atomic mass is 9.97. The van der Waals surface area contributed by atoms with Gasteiger partial charge in [0.1, 0.15) is 29.2 Å². The van der Waals surface area contributed by atoms with E-state index in [0.29, 0.717) is 17.1 Å². The summed E-state index contributed by atoms with van der Waals surface area (Å²) < 4.78 is 17.5. The first kappa shape index (κ1) is 28.2. The quantitative estimate of drug-likeness (QED) is 0.213. The molecule has 0 aromatic heterocycles. The topological polar surface area (TPSA) is 78.5 Å². The number of anilines is 1. The van der Waals surface area contributed by atoms with E-state index >= 15 is 0 Å². The van der Waals surface area contributed by atoms with E-state index < -0.39 is 0 Å². The number of ether oxygens (including phenoxy) is 3. The van der Waals surface area contributed by atoms with E-state index in [1.165, 1.54) is 24.9 Å². The largest absolute Gasteiger partial charge is 0.457 e. The Morgan fingerprint density at radius 1 is 1.00 bits per heavy atom. The molecule has 2 aliphatic heterocycles. The van der Waals surface area contributed by atoms with Crippen molar-refractivity contribution >= 4 is 17.3 Å². The molecule has 2 aliphatic rings. The molecule has 0 N–H and O–H groups in total. The van der Waals surface area contributed by atoms with Gasteiger partial charge in [0.05, 0.1) is 0 Å². The molecule has 1 unspecified atom stereocenters. The van der Waals surface area contributed by atoms with E-state index in [1.807, 2.05) is 48.6 Å². The lowest BCUT2D eigenvalue weighted by Gasteiger charge is -2.23. The molecule has 0 spiro atoms. The molecule has 2 aromatic rings. The van der Waals surface area contributed by atoms with Crippen molar-refractivity contribution in [3.05, 3.63) is 83.1 Å². The van der Waals surface area contributed by atoms with Crippen LogP contribution in [-0.2, 0) is 9.47 Å². The first-order chi connectivity index (χ1) is 19.2. The van der Waals surface area contributed by atoms with Crippen LogP contribution in [0.1, 0.15) is 63.0 Å². The number of unbranched alkanes of at least 4 members (excludes halogenated alkanes) is 3. The molecule has 2 heterocycles. The van der Waals surface area contributed by atoms with E-state index in [0.717, 1.165) is 63.1 Å². The van der Waals surface area contributed by atoms with E-state index in [-0.39, 0.29) is 11.9 Å². The minimum absolute atomic E-state index is 0.0186. The van der Waals surface area contributed by atoms with Crippen molar-refractivity contribution in [2.45, 2.75) is 58.2 Å². The van der Waals surface area contributed by atoms with Crippen LogP contribution in [0.2, 0.25) is 0 Å². The zero-order valence-corrected chi connectivity index (χ0v) is 22.8. The number of nitriles is 2. The number of allylic oxidation sites excluding steroid dienone is 4. The van der Waals surface area contributed by atoms with Gasteiger partial charge in [-0.1, -0.05) is 49.2 Å². The molecule has 0 bridgehead atoms. The lowest BCUT2D eigenvalue weighted by Crippen LogP contribution is -2.24. The number of hydrogen-bond donors (Lipinski definition) is 0. The third-order valence-corrected chi connectivity index (χ3v) is 7.03. The summed E-state index contributed by atoms with van der Waals surface area (Å²) >= 11 is 0. The Bertz CT molecular complexity index is 1240. The van der Waals surface area contributed by atoms with Crippen molar-refractivity contribution in [1.29, 1.82) is 10.5 Å². The minimum atomic E-state index is 0.0186. The van der Waals surface area contributed by atoms with E-state index in [1.54, 1.807) is 6.08 Å². The summed E-state index contributed by atoms with van der Waals surface area (Å²) in [7, 11) is 0. The highest BCUT2D eigenvalue weighted by atomic mass is 16.7. The average Bonchev–Trinajstić information content (AvgIpc) is 2.99. The van der Waals surface area contributed by atoms with Crippen molar-refractivity contribution in [3.63, 3.8) is 0 Å². The van der Waals surface area contributed by atoms with Crippen LogP contribution < -0.4 is 9.64 Å². The Morgan fingerprint density at radius 3 is 2.54 bits per heavy atom. The molecule has 1 fully saturated rings.